The number of rotatable bonds is 6. The summed E-state index contributed by atoms with van der Waals surface area (Å²) in [5, 5.41) is 3.35. The smallest absolute Gasteiger partial charge is 0.310 e. The van der Waals surface area contributed by atoms with Crippen LogP contribution in [-0.2, 0) is 14.3 Å². The van der Waals surface area contributed by atoms with E-state index in [1.165, 1.54) is 6.42 Å². The van der Waals surface area contributed by atoms with Gasteiger partial charge in [-0.1, -0.05) is 0 Å². The standard InChI is InChI=1S/C17H31N3O3/c1-3-18-17(19-10-9-15-8-6-12-23-15)20-11-5-7-14(13-20)16(21)22-4-2/h14-15H,3-13H2,1-2H3,(H,18,19)/t14-,15?/m1/s1. The van der Waals surface area contributed by atoms with Crippen molar-refractivity contribution in [3.8, 4) is 0 Å². The van der Waals surface area contributed by atoms with Crippen LogP contribution in [0.5, 0.6) is 0 Å². The fourth-order valence-electron chi connectivity index (χ4n) is 3.23. The van der Waals surface area contributed by atoms with E-state index in [-0.39, 0.29) is 11.9 Å². The number of hydrogen-bond donors (Lipinski definition) is 1. The summed E-state index contributed by atoms with van der Waals surface area (Å²) in [5.74, 6) is 0.803. The Labute approximate surface area is 139 Å². The molecule has 2 rings (SSSR count). The topological polar surface area (TPSA) is 63.2 Å². The van der Waals surface area contributed by atoms with Crippen molar-refractivity contribution in [3.05, 3.63) is 0 Å². The highest BCUT2D eigenvalue weighted by Crippen LogP contribution is 2.19. The summed E-state index contributed by atoms with van der Waals surface area (Å²) in [6, 6.07) is 0. The van der Waals surface area contributed by atoms with Gasteiger partial charge in [0.1, 0.15) is 0 Å². The maximum Gasteiger partial charge on any atom is 0.310 e. The number of likely N-dealkylation sites (tertiary alicyclic amines) is 1. The van der Waals surface area contributed by atoms with Gasteiger partial charge in [-0.05, 0) is 46.0 Å². The van der Waals surface area contributed by atoms with Crippen molar-refractivity contribution >= 4 is 11.9 Å². The largest absolute Gasteiger partial charge is 0.466 e. The second-order valence-electron chi connectivity index (χ2n) is 6.20. The molecule has 2 heterocycles. The number of guanidine groups is 1. The van der Waals surface area contributed by atoms with Crippen LogP contribution in [0.2, 0.25) is 0 Å². The van der Waals surface area contributed by atoms with E-state index in [4.69, 9.17) is 14.5 Å². The molecule has 23 heavy (non-hydrogen) atoms. The Balaban J connectivity index is 1.88. The molecule has 0 amide bonds. The zero-order chi connectivity index (χ0) is 16.5. The number of carbonyl (C=O) groups is 1. The first-order valence-corrected chi connectivity index (χ1v) is 9.06. The van der Waals surface area contributed by atoms with E-state index in [1.807, 2.05) is 6.92 Å². The van der Waals surface area contributed by atoms with E-state index in [9.17, 15) is 4.79 Å². The van der Waals surface area contributed by atoms with Gasteiger partial charge in [0.2, 0.25) is 0 Å². The molecule has 2 atom stereocenters. The summed E-state index contributed by atoms with van der Waals surface area (Å²) in [6.45, 7) is 8.52. The first kappa shape index (κ1) is 18.0. The molecular weight excluding hydrogens is 294 g/mol. The van der Waals surface area contributed by atoms with Crippen molar-refractivity contribution in [3.63, 3.8) is 0 Å². The third kappa shape index (κ3) is 5.68. The number of nitrogens with one attached hydrogen (secondary N) is 1. The molecular formula is C17H31N3O3. The van der Waals surface area contributed by atoms with Crippen LogP contribution in [0.1, 0.15) is 46.0 Å². The highest BCUT2D eigenvalue weighted by atomic mass is 16.5. The lowest BCUT2D eigenvalue weighted by atomic mass is 9.98. The molecule has 0 saturated carbocycles. The Morgan fingerprint density at radius 1 is 1.35 bits per heavy atom. The number of hydrogen-bond acceptors (Lipinski definition) is 4. The van der Waals surface area contributed by atoms with Crippen molar-refractivity contribution < 1.29 is 14.3 Å². The number of carbonyl (C=O) groups excluding carboxylic acids is 1. The molecule has 2 saturated heterocycles. The highest BCUT2D eigenvalue weighted by Gasteiger charge is 2.28. The van der Waals surface area contributed by atoms with Gasteiger partial charge in [0.05, 0.1) is 18.6 Å². The Kier molecular flexibility index (Phi) is 7.65. The maximum absolute atomic E-state index is 12.0. The lowest BCUT2D eigenvalue weighted by Gasteiger charge is -2.34. The molecule has 2 aliphatic heterocycles. The van der Waals surface area contributed by atoms with E-state index in [0.29, 0.717) is 19.3 Å². The van der Waals surface area contributed by atoms with Crippen LogP contribution in [0, 0.1) is 5.92 Å². The van der Waals surface area contributed by atoms with E-state index in [2.05, 4.69) is 17.1 Å². The van der Waals surface area contributed by atoms with Gasteiger partial charge in [0.25, 0.3) is 0 Å². The summed E-state index contributed by atoms with van der Waals surface area (Å²) in [4.78, 5) is 18.9. The molecule has 6 nitrogen and oxygen atoms in total. The van der Waals surface area contributed by atoms with Crippen molar-refractivity contribution in [2.24, 2.45) is 10.9 Å². The monoisotopic (exact) mass is 325 g/mol. The van der Waals surface area contributed by atoms with Crippen LogP contribution in [0.15, 0.2) is 4.99 Å². The summed E-state index contributed by atoms with van der Waals surface area (Å²) in [6.07, 6.45) is 5.58. The molecule has 2 aliphatic rings. The Morgan fingerprint density at radius 3 is 2.91 bits per heavy atom. The third-order valence-electron chi connectivity index (χ3n) is 4.41. The van der Waals surface area contributed by atoms with Crippen LogP contribution in [0.25, 0.3) is 0 Å². The molecule has 2 fully saturated rings. The van der Waals surface area contributed by atoms with Crippen molar-refractivity contribution in [1.82, 2.24) is 10.2 Å². The van der Waals surface area contributed by atoms with E-state index in [0.717, 1.165) is 57.9 Å². The number of piperidine rings is 1. The van der Waals surface area contributed by atoms with Crippen molar-refractivity contribution in [2.45, 2.75) is 52.1 Å². The van der Waals surface area contributed by atoms with E-state index >= 15 is 0 Å². The first-order chi connectivity index (χ1) is 11.2. The molecule has 0 aromatic heterocycles. The second kappa shape index (κ2) is 9.75. The molecule has 0 spiro atoms. The maximum atomic E-state index is 12.0. The number of aliphatic imine (C=N–C) groups is 1. The van der Waals surface area contributed by atoms with Crippen LogP contribution in [0.4, 0.5) is 0 Å². The van der Waals surface area contributed by atoms with Gasteiger partial charge < -0.3 is 19.7 Å². The zero-order valence-electron chi connectivity index (χ0n) is 14.6. The van der Waals surface area contributed by atoms with E-state index in [1.54, 1.807) is 0 Å². The Hall–Kier alpha value is -1.30. The van der Waals surface area contributed by atoms with E-state index < -0.39 is 0 Å². The number of nitrogens with zero attached hydrogens (tertiary/aromatic N) is 2. The molecule has 0 bridgehead atoms. The lowest BCUT2D eigenvalue weighted by molar-refractivity contribution is -0.149. The quantitative estimate of drug-likeness (QED) is 0.458. The summed E-state index contributed by atoms with van der Waals surface area (Å²) < 4.78 is 10.8. The van der Waals surface area contributed by atoms with Crippen molar-refractivity contribution in [1.29, 1.82) is 0 Å². The molecule has 1 unspecified atom stereocenters. The van der Waals surface area contributed by atoms with Gasteiger partial charge in [-0.2, -0.15) is 0 Å². The minimum Gasteiger partial charge on any atom is -0.466 e. The molecule has 0 aliphatic carbocycles. The Bertz CT molecular complexity index is 395. The molecule has 6 heteroatoms. The van der Waals surface area contributed by atoms with Crippen LogP contribution in [0.3, 0.4) is 0 Å². The fraction of sp³-hybridized carbons (Fsp3) is 0.882. The average Bonchev–Trinajstić information content (AvgIpc) is 3.08. The fourth-order valence-corrected chi connectivity index (χ4v) is 3.23. The SMILES string of the molecule is CCNC(=NCCC1CCCO1)N1CCC[C@@H](C(=O)OCC)C1. The zero-order valence-corrected chi connectivity index (χ0v) is 14.6. The second-order valence-corrected chi connectivity index (χ2v) is 6.20. The number of ether oxygens (including phenoxy) is 2. The normalized spacial score (nSPS) is 25.5. The minimum absolute atomic E-state index is 0.0364. The third-order valence-corrected chi connectivity index (χ3v) is 4.41. The average molecular weight is 325 g/mol. The predicted molar refractivity (Wildman–Crippen MR) is 90.5 cm³/mol. The van der Waals surface area contributed by atoms with Gasteiger partial charge in [-0.25, -0.2) is 0 Å². The van der Waals surface area contributed by atoms with Gasteiger partial charge in [-0.3, -0.25) is 9.79 Å². The molecule has 0 aromatic rings. The van der Waals surface area contributed by atoms with Gasteiger partial charge >= 0.3 is 5.97 Å². The van der Waals surface area contributed by atoms with Gasteiger partial charge in [0, 0.05) is 32.8 Å². The highest BCUT2D eigenvalue weighted by molar-refractivity contribution is 5.81. The van der Waals surface area contributed by atoms with Crippen LogP contribution < -0.4 is 5.32 Å². The summed E-state index contributed by atoms with van der Waals surface area (Å²) in [5.41, 5.74) is 0. The van der Waals surface area contributed by atoms with Gasteiger partial charge in [-0.15, -0.1) is 0 Å². The van der Waals surface area contributed by atoms with Crippen LogP contribution in [-0.4, -0.2) is 62.3 Å². The lowest BCUT2D eigenvalue weighted by Crippen LogP contribution is -2.48. The molecule has 132 valence electrons. The van der Waals surface area contributed by atoms with Gasteiger partial charge in [0.15, 0.2) is 5.96 Å². The molecule has 0 aromatic carbocycles. The molecule has 1 N–H and O–H groups in total. The minimum atomic E-state index is -0.0765. The molecule has 0 radical (unpaired) electrons. The first-order valence-electron chi connectivity index (χ1n) is 9.06. The Morgan fingerprint density at radius 2 is 2.22 bits per heavy atom. The van der Waals surface area contributed by atoms with Crippen LogP contribution >= 0.6 is 0 Å². The number of esters is 1. The summed E-state index contributed by atoms with van der Waals surface area (Å²) >= 11 is 0. The van der Waals surface area contributed by atoms with Crippen molar-refractivity contribution in [2.75, 3.05) is 39.4 Å². The summed E-state index contributed by atoms with van der Waals surface area (Å²) in [7, 11) is 0. The predicted octanol–water partition coefficient (Wildman–Crippen LogP) is 1.80.